The van der Waals surface area contributed by atoms with E-state index in [-0.39, 0.29) is 57.0 Å². The predicted molar refractivity (Wildman–Crippen MR) is 111 cm³/mol. The number of nitrogens with two attached hydrogens (primary N) is 1. The summed E-state index contributed by atoms with van der Waals surface area (Å²) in [7, 11) is 1.34. The molecule has 4 heterocycles. The summed E-state index contributed by atoms with van der Waals surface area (Å²) >= 11 is 0. The molecule has 10 nitrogen and oxygen atoms in total. The molecule has 0 bridgehead atoms. The van der Waals surface area contributed by atoms with Crippen LogP contribution in [0.3, 0.4) is 0 Å². The Morgan fingerprint density at radius 1 is 1.09 bits per heavy atom. The second kappa shape index (κ2) is 7.05. The Kier molecular flexibility index (Phi) is 4.37. The number of hydrogen-bond donors (Lipinski definition) is 2. The van der Waals surface area contributed by atoms with Crippen molar-refractivity contribution in [1.29, 1.82) is 0 Å². The summed E-state index contributed by atoms with van der Waals surface area (Å²) in [5, 5.41) is 2.15. The number of halogens is 3. The Morgan fingerprint density at radius 2 is 1.82 bits per heavy atom. The van der Waals surface area contributed by atoms with Gasteiger partial charge in [0.1, 0.15) is 11.3 Å². The lowest BCUT2D eigenvalue weighted by Crippen LogP contribution is -2.20. The lowest BCUT2D eigenvalue weighted by atomic mass is 10.1. The van der Waals surface area contributed by atoms with Gasteiger partial charge < -0.3 is 14.9 Å². The van der Waals surface area contributed by atoms with Crippen LogP contribution in [-0.2, 0) is 6.18 Å². The fourth-order valence-electron chi connectivity index (χ4n) is 3.57. The molecule has 3 N–H and O–H groups in total. The van der Waals surface area contributed by atoms with Gasteiger partial charge in [-0.3, -0.25) is 9.89 Å². The molecule has 0 fully saturated rings. The van der Waals surface area contributed by atoms with E-state index < -0.39 is 17.4 Å². The third-order valence-electron chi connectivity index (χ3n) is 4.96. The first kappa shape index (κ1) is 20.5. The zero-order valence-corrected chi connectivity index (χ0v) is 17.1. The molecule has 0 amide bonds. The van der Waals surface area contributed by atoms with Gasteiger partial charge in [-0.05, 0) is 12.5 Å². The number of fused-ring (bicyclic) bond motifs is 2. The second-order valence-electron chi connectivity index (χ2n) is 7.03. The quantitative estimate of drug-likeness (QED) is 0.421. The normalized spacial score (nSPS) is 12.0. The maximum absolute atomic E-state index is 13.8. The van der Waals surface area contributed by atoms with E-state index in [0.717, 1.165) is 4.52 Å². The number of methoxy groups -OCH3 is 1. The molecule has 0 spiro atoms. The highest BCUT2D eigenvalue weighted by atomic mass is 19.4. The molecule has 33 heavy (non-hydrogen) atoms. The molecular weight excluding hydrogens is 443 g/mol. The van der Waals surface area contributed by atoms with E-state index >= 15 is 0 Å². The van der Waals surface area contributed by atoms with Crippen molar-refractivity contribution < 1.29 is 22.3 Å². The molecule has 0 aliphatic rings. The number of nitrogens with zero attached hydrogens (tertiary/aromatic N) is 5. The van der Waals surface area contributed by atoms with E-state index in [0.29, 0.717) is 0 Å². The summed E-state index contributed by atoms with van der Waals surface area (Å²) in [6.07, 6.45) is -4.77. The third kappa shape index (κ3) is 3.16. The summed E-state index contributed by atoms with van der Waals surface area (Å²) < 4.78 is 52.9. The van der Waals surface area contributed by atoms with E-state index in [9.17, 15) is 18.0 Å². The number of H-pyrrole nitrogens is 1. The van der Waals surface area contributed by atoms with Crippen molar-refractivity contribution in [3.8, 4) is 28.5 Å². The number of aromatic nitrogens is 6. The number of rotatable bonds is 3. The van der Waals surface area contributed by atoms with Gasteiger partial charge >= 0.3 is 6.18 Å². The highest BCUT2D eigenvalue weighted by Gasteiger charge is 2.38. The van der Waals surface area contributed by atoms with Crippen LogP contribution >= 0.6 is 0 Å². The molecule has 0 unspecified atom stereocenters. The largest absolute Gasteiger partial charge is 0.479 e. The van der Waals surface area contributed by atoms with Gasteiger partial charge in [0.15, 0.2) is 11.2 Å². The van der Waals surface area contributed by atoms with Gasteiger partial charge in [-0.2, -0.15) is 27.7 Å². The molecule has 0 atom stereocenters. The van der Waals surface area contributed by atoms with Gasteiger partial charge in [0.05, 0.1) is 18.4 Å². The molecule has 1 aromatic carbocycles. The fraction of sp³-hybridized carbons (Fsp3) is 0.150. The summed E-state index contributed by atoms with van der Waals surface area (Å²) in [6, 6.07) is 7.87. The Labute approximate surface area is 181 Å². The first-order valence-corrected chi connectivity index (χ1v) is 9.45. The number of benzene rings is 1. The van der Waals surface area contributed by atoms with E-state index in [2.05, 4.69) is 25.0 Å². The summed E-state index contributed by atoms with van der Waals surface area (Å²) in [6.45, 7) is 1.47. The summed E-state index contributed by atoms with van der Waals surface area (Å²) in [5.74, 6) is -0.335. The number of nitrogens with one attached hydrogen (secondary N) is 1. The van der Waals surface area contributed by atoms with Crippen LogP contribution in [0.1, 0.15) is 11.4 Å². The SMILES string of the molecule is COc1nc(N)nc2oc(-c3c(C)nc4c(-c5ccccc5)c(C(F)(F)F)[nH]n4c3=O)nc12. The minimum Gasteiger partial charge on any atom is -0.479 e. The third-order valence-corrected chi connectivity index (χ3v) is 4.96. The Balaban J connectivity index is 1.82. The number of aromatic amines is 1. The Morgan fingerprint density at radius 3 is 2.48 bits per heavy atom. The molecule has 0 saturated heterocycles. The molecule has 13 heteroatoms. The topological polar surface area (TPSA) is 137 Å². The van der Waals surface area contributed by atoms with Crippen molar-refractivity contribution in [2.45, 2.75) is 13.1 Å². The van der Waals surface area contributed by atoms with Crippen LogP contribution in [0, 0.1) is 6.92 Å². The van der Waals surface area contributed by atoms with Gasteiger partial charge in [-0.25, -0.2) is 9.97 Å². The van der Waals surface area contributed by atoms with Gasteiger partial charge in [0, 0.05) is 0 Å². The first-order chi connectivity index (χ1) is 15.7. The highest BCUT2D eigenvalue weighted by Crippen LogP contribution is 2.38. The van der Waals surface area contributed by atoms with E-state index in [1.54, 1.807) is 18.2 Å². The molecule has 0 aliphatic carbocycles. The maximum Gasteiger partial charge on any atom is 0.433 e. The van der Waals surface area contributed by atoms with Gasteiger partial charge in [-0.15, -0.1) is 0 Å². The molecule has 4 aromatic heterocycles. The summed E-state index contributed by atoms with van der Waals surface area (Å²) in [4.78, 5) is 29.6. The standard InChI is InChI=1S/C20H14F3N7O3/c1-8-10(15-26-12-16(32-2)27-19(24)28-17(12)33-15)18(31)30-14(25-8)11(9-6-4-3-5-7-9)13(29-30)20(21,22)23/h3-7,29H,1-2H3,(H2,24,27,28). The zero-order valence-electron chi connectivity index (χ0n) is 17.1. The lowest BCUT2D eigenvalue weighted by Gasteiger charge is -2.07. The average Bonchev–Trinajstić information content (AvgIpc) is 3.35. The Bertz CT molecular complexity index is 1590. The van der Waals surface area contributed by atoms with Gasteiger partial charge in [-0.1, -0.05) is 30.3 Å². The number of aryl methyl sites for hydroxylation is 1. The van der Waals surface area contributed by atoms with Crippen LogP contribution in [0.2, 0.25) is 0 Å². The highest BCUT2D eigenvalue weighted by molar-refractivity contribution is 5.82. The van der Waals surface area contributed by atoms with Crippen molar-refractivity contribution in [2.24, 2.45) is 0 Å². The van der Waals surface area contributed by atoms with Crippen molar-refractivity contribution in [1.82, 2.24) is 29.5 Å². The number of hydrogen-bond acceptors (Lipinski definition) is 8. The van der Waals surface area contributed by atoms with Gasteiger partial charge in [0.25, 0.3) is 11.3 Å². The monoisotopic (exact) mass is 457 g/mol. The number of ether oxygens (including phenoxy) is 1. The van der Waals surface area contributed by atoms with Crippen LogP contribution in [0.5, 0.6) is 5.88 Å². The molecule has 5 aromatic rings. The molecule has 0 radical (unpaired) electrons. The van der Waals surface area contributed by atoms with Crippen LogP contribution < -0.4 is 16.0 Å². The van der Waals surface area contributed by atoms with Crippen LogP contribution in [0.4, 0.5) is 19.1 Å². The minimum atomic E-state index is -4.77. The first-order valence-electron chi connectivity index (χ1n) is 9.45. The minimum absolute atomic E-state index is 0.0184. The molecule has 5 rings (SSSR count). The van der Waals surface area contributed by atoms with Crippen molar-refractivity contribution in [3.05, 3.63) is 52.1 Å². The second-order valence-corrected chi connectivity index (χ2v) is 7.03. The maximum atomic E-state index is 13.8. The van der Waals surface area contributed by atoms with E-state index in [4.69, 9.17) is 14.9 Å². The summed E-state index contributed by atoms with van der Waals surface area (Å²) in [5.41, 5.74) is 3.50. The molecule has 0 saturated carbocycles. The number of alkyl halides is 3. The van der Waals surface area contributed by atoms with Crippen molar-refractivity contribution in [3.63, 3.8) is 0 Å². The fourth-order valence-corrected chi connectivity index (χ4v) is 3.57. The van der Waals surface area contributed by atoms with Crippen LogP contribution in [-0.4, -0.2) is 36.7 Å². The molecular formula is C20H14F3N7O3. The molecule has 0 aliphatic heterocycles. The zero-order chi connectivity index (χ0) is 23.5. The van der Waals surface area contributed by atoms with Crippen LogP contribution in [0.15, 0.2) is 39.5 Å². The van der Waals surface area contributed by atoms with Crippen LogP contribution in [0.25, 0.3) is 39.5 Å². The number of oxazole rings is 1. The number of anilines is 1. The van der Waals surface area contributed by atoms with E-state index in [1.165, 1.54) is 26.2 Å². The molecule has 168 valence electrons. The number of nitrogen functional groups attached to an aromatic ring is 1. The predicted octanol–water partition coefficient (Wildman–Crippen LogP) is 3.21. The van der Waals surface area contributed by atoms with Crippen molar-refractivity contribution >= 4 is 22.8 Å². The lowest BCUT2D eigenvalue weighted by molar-refractivity contribution is -0.140. The van der Waals surface area contributed by atoms with Crippen molar-refractivity contribution in [2.75, 3.05) is 12.8 Å². The van der Waals surface area contributed by atoms with Gasteiger partial charge in [0.2, 0.25) is 17.7 Å². The van der Waals surface area contributed by atoms with E-state index in [1.807, 2.05) is 0 Å². The smallest absolute Gasteiger partial charge is 0.433 e. The Hall–Kier alpha value is -4.42. The average molecular weight is 457 g/mol.